The lowest BCUT2D eigenvalue weighted by molar-refractivity contribution is -0.133. The largest absolute Gasteiger partial charge is 0.378 e. The van der Waals surface area contributed by atoms with Crippen LogP contribution in [-0.2, 0) is 22.5 Å². The van der Waals surface area contributed by atoms with E-state index < -0.39 is 11.6 Å². The summed E-state index contributed by atoms with van der Waals surface area (Å²) in [5.41, 5.74) is 1.40. The summed E-state index contributed by atoms with van der Waals surface area (Å²) in [5.74, 6) is -1.16. The van der Waals surface area contributed by atoms with Gasteiger partial charge in [-0.25, -0.2) is 8.78 Å². The van der Waals surface area contributed by atoms with Crippen molar-refractivity contribution in [3.63, 3.8) is 0 Å². The minimum atomic E-state index is -0.519. The number of fused-ring (bicyclic) bond motifs is 2. The van der Waals surface area contributed by atoms with Crippen LogP contribution in [0.15, 0.2) is 48.5 Å². The van der Waals surface area contributed by atoms with Crippen molar-refractivity contribution in [3.8, 4) is 0 Å². The van der Waals surface area contributed by atoms with Gasteiger partial charge in [-0.3, -0.25) is 9.69 Å². The molecule has 2 bridgehead atoms. The molecular formula is C22H23F2NO2. The van der Waals surface area contributed by atoms with Crippen molar-refractivity contribution in [2.75, 3.05) is 13.2 Å². The van der Waals surface area contributed by atoms with Gasteiger partial charge in [0.15, 0.2) is 0 Å². The molecule has 27 heavy (non-hydrogen) atoms. The van der Waals surface area contributed by atoms with Crippen molar-refractivity contribution in [2.24, 2.45) is 5.92 Å². The molecule has 0 saturated carbocycles. The van der Waals surface area contributed by atoms with Crippen molar-refractivity contribution in [1.29, 1.82) is 0 Å². The molecule has 2 aromatic carbocycles. The van der Waals surface area contributed by atoms with E-state index in [-0.39, 0.29) is 35.8 Å². The number of carbonyl (C=O) groups is 1. The number of benzene rings is 2. The van der Waals surface area contributed by atoms with Crippen LogP contribution in [0.3, 0.4) is 0 Å². The van der Waals surface area contributed by atoms with Gasteiger partial charge >= 0.3 is 0 Å². The molecule has 142 valence electrons. The highest BCUT2D eigenvalue weighted by atomic mass is 19.1. The summed E-state index contributed by atoms with van der Waals surface area (Å²) in [6.45, 7) is 2.07. The molecule has 2 saturated heterocycles. The zero-order valence-electron chi connectivity index (χ0n) is 15.1. The van der Waals surface area contributed by atoms with Gasteiger partial charge in [0, 0.05) is 31.0 Å². The Morgan fingerprint density at radius 2 is 1.74 bits per heavy atom. The average molecular weight is 371 g/mol. The number of ketones is 1. The number of hydrogen-bond donors (Lipinski definition) is 0. The summed E-state index contributed by atoms with van der Waals surface area (Å²) < 4.78 is 33.0. The Hall–Kier alpha value is -2.11. The molecule has 0 spiro atoms. The standard InChI is InChI=1S/C22H23F2NO2/c23-18-6-7-21(24)16(8-18)11-22(26)17-9-19-13-27-14-20(10-17)25(19)12-15-4-2-1-3-5-15/h1-8,17,19-20H,9-14H2. The minimum Gasteiger partial charge on any atom is -0.378 e. The molecule has 2 unspecified atom stereocenters. The molecular weight excluding hydrogens is 348 g/mol. The van der Waals surface area contributed by atoms with E-state index in [2.05, 4.69) is 17.0 Å². The van der Waals surface area contributed by atoms with E-state index in [4.69, 9.17) is 4.74 Å². The molecule has 4 rings (SSSR count). The highest BCUT2D eigenvalue weighted by Crippen LogP contribution is 2.34. The lowest BCUT2D eigenvalue weighted by atomic mass is 9.80. The van der Waals surface area contributed by atoms with E-state index in [0.29, 0.717) is 26.1 Å². The molecule has 3 nitrogen and oxygen atoms in total. The first-order valence-corrected chi connectivity index (χ1v) is 9.44. The maximum Gasteiger partial charge on any atom is 0.140 e. The molecule has 2 heterocycles. The monoisotopic (exact) mass is 371 g/mol. The molecule has 0 aromatic heterocycles. The van der Waals surface area contributed by atoms with Crippen LogP contribution in [0.5, 0.6) is 0 Å². The topological polar surface area (TPSA) is 29.5 Å². The molecule has 0 radical (unpaired) electrons. The Balaban J connectivity index is 1.44. The first-order valence-electron chi connectivity index (χ1n) is 9.44. The molecule has 2 aliphatic heterocycles. The number of rotatable bonds is 5. The molecule has 5 heteroatoms. The maximum absolute atomic E-state index is 13.9. The van der Waals surface area contributed by atoms with Gasteiger partial charge < -0.3 is 4.74 Å². The fourth-order valence-electron chi connectivity index (χ4n) is 4.32. The van der Waals surface area contributed by atoms with Gasteiger partial charge in [0.25, 0.3) is 0 Å². The molecule has 2 aliphatic rings. The molecule has 2 fully saturated rings. The Morgan fingerprint density at radius 3 is 2.44 bits per heavy atom. The number of halogens is 2. The summed E-state index contributed by atoms with van der Waals surface area (Å²) >= 11 is 0. The van der Waals surface area contributed by atoms with Crippen LogP contribution in [0.4, 0.5) is 8.78 Å². The first kappa shape index (κ1) is 18.3. The number of Topliss-reactive ketones (excluding diaryl/α,β-unsaturated/α-hetero) is 1. The Bertz CT molecular complexity index is 797. The second-order valence-electron chi connectivity index (χ2n) is 7.55. The Kier molecular flexibility index (Phi) is 5.32. The van der Waals surface area contributed by atoms with Gasteiger partial charge in [0.1, 0.15) is 17.4 Å². The third-order valence-electron chi connectivity index (χ3n) is 5.71. The van der Waals surface area contributed by atoms with Gasteiger partial charge in [-0.1, -0.05) is 30.3 Å². The average Bonchev–Trinajstić information content (AvgIpc) is 2.65. The number of morpholine rings is 1. The van der Waals surface area contributed by atoms with Gasteiger partial charge in [-0.2, -0.15) is 0 Å². The van der Waals surface area contributed by atoms with Crippen molar-refractivity contribution in [2.45, 2.75) is 37.9 Å². The first-order chi connectivity index (χ1) is 13.1. The third-order valence-corrected chi connectivity index (χ3v) is 5.71. The van der Waals surface area contributed by atoms with Crippen LogP contribution in [0.2, 0.25) is 0 Å². The van der Waals surface area contributed by atoms with Crippen molar-refractivity contribution >= 4 is 5.78 Å². The number of carbonyl (C=O) groups excluding carboxylic acids is 1. The maximum atomic E-state index is 13.9. The van der Waals surface area contributed by atoms with Crippen LogP contribution in [-0.4, -0.2) is 36.0 Å². The van der Waals surface area contributed by atoms with Crippen LogP contribution < -0.4 is 0 Å². The smallest absolute Gasteiger partial charge is 0.140 e. The summed E-state index contributed by atoms with van der Waals surface area (Å²) in [4.78, 5) is 15.2. The molecule has 2 aromatic rings. The van der Waals surface area contributed by atoms with E-state index in [1.165, 1.54) is 5.56 Å². The third kappa shape index (κ3) is 4.09. The normalized spacial score (nSPS) is 25.3. The number of nitrogens with zero attached hydrogens (tertiary/aromatic N) is 1. The zero-order valence-corrected chi connectivity index (χ0v) is 15.1. The van der Waals surface area contributed by atoms with E-state index in [1.54, 1.807) is 0 Å². The van der Waals surface area contributed by atoms with Crippen molar-refractivity contribution < 1.29 is 18.3 Å². The SMILES string of the molecule is O=C(Cc1cc(F)ccc1F)C1CC2COCC(C1)N2Cc1ccccc1. The van der Waals surface area contributed by atoms with Crippen molar-refractivity contribution in [1.82, 2.24) is 4.90 Å². The second-order valence-corrected chi connectivity index (χ2v) is 7.55. The molecule has 2 atom stereocenters. The number of hydrogen-bond acceptors (Lipinski definition) is 3. The van der Waals surface area contributed by atoms with Crippen LogP contribution in [0.1, 0.15) is 24.0 Å². The molecule has 0 N–H and O–H groups in total. The summed E-state index contributed by atoms with van der Waals surface area (Å²) in [5, 5.41) is 0. The number of ether oxygens (including phenoxy) is 1. The van der Waals surface area contributed by atoms with Crippen LogP contribution in [0.25, 0.3) is 0 Å². The van der Waals surface area contributed by atoms with E-state index in [1.807, 2.05) is 18.2 Å². The Labute approximate surface area is 157 Å². The molecule has 0 aliphatic carbocycles. The zero-order chi connectivity index (χ0) is 18.8. The lowest BCUT2D eigenvalue weighted by Crippen LogP contribution is -2.57. The Morgan fingerprint density at radius 1 is 1.04 bits per heavy atom. The van der Waals surface area contributed by atoms with Crippen LogP contribution in [0, 0.1) is 17.6 Å². The summed E-state index contributed by atoms with van der Waals surface area (Å²) in [7, 11) is 0. The minimum absolute atomic E-state index is 0.00392. The van der Waals surface area contributed by atoms with E-state index in [0.717, 1.165) is 24.7 Å². The van der Waals surface area contributed by atoms with E-state index in [9.17, 15) is 13.6 Å². The fraction of sp³-hybridized carbons (Fsp3) is 0.409. The fourth-order valence-corrected chi connectivity index (χ4v) is 4.32. The van der Waals surface area contributed by atoms with Gasteiger partial charge in [-0.05, 0) is 42.2 Å². The van der Waals surface area contributed by atoms with Crippen molar-refractivity contribution in [3.05, 3.63) is 71.3 Å². The number of piperidine rings is 1. The van der Waals surface area contributed by atoms with Gasteiger partial charge in [0.05, 0.1) is 13.2 Å². The predicted octanol–water partition coefficient (Wildman–Crippen LogP) is 3.76. The molecule has 0 amide bonds. The quantitative estimate of drug-likeness (QED) is 0.802. The summed E-state index contributed by atoms with van der Waals surface area (Å²) in [6.07, 6.45) is 1.37. The second kappa shape index (κ2) is 7.87. The summed E-state index contributed by atoms with van der Waals surface area (Å²) in [6, 6.07) is 14.0. The highest BCUT2D eigenvalue weighted by molar-refractivity contribution is 5.83. The van der Waals surface area contributed by atoms with Crippen LogP contribution >= 0.6 is 0 Å². The van der Waals surface area contributed by atoms with E-state index >= 15 is 0 Å². The predicted molar refractivity (Wildman–Crippen MR) is 98.2 cm³/mol. The lowest BCUT2D eigenvalue weighted by Gasteiger charge is -2.48. The van der Waals surface area contributed by atoms with Gasteiger partial charge in [-0.15, -0.1) is 0 Å². The van der Waals surface area contributed by atoms with Gasteiger partial charge in [0.2, 0.25) is 0 Å². The highest BCUT2D eigenvalue weighted by Gasteiger charge is 2.41.